The van der Waals surface area contributed by atoms with Crippen LogP contribution in [0.2, 0.25) is 5.15 Å². The van der Waals surface area contributed by atoms with Gasteiger partial charge in [-0.2, -0.15) is 0 Å². The zero-order valence-electron chi connectivity index (χ0n) is 8.66. The van der Waals surface area contributed by atoms with Crippen LogP contribution in [-0.4, -0.2) is 14.5 Å². The first-order valence-corrected chi connectivity index (χ1v) is 6.89. The Bertz CT molecular complexity index is 533. The zero-order valence-corrected chi connectivity index (χ0v) is 11.0. The van der Waals surface area contributed by atoms with Crippen LogP contribution in [0.1, 0.15) is 31.1 Å². The van der Waals surface area contributed by atoms with E-state index >= 15 is 0 Å². The summed E-state index contributed by atoms with van der Waals surface area (Å²) in [5.74, 6) is 1.05. The number of fused-ring (bicyclic) bond motifs is 1. The molecule has 2 aromatic rings. The predicted molar refractivity (Wildman–Crippen MR) is 68.1 cm³/mol. The second-order valence-electron chi connectivity index (χ2n) is 4.09. The van der Waals surface area contributed by atoms with Gasteiger partial charge in [-0.25, -0.2) is 9.97 Å². The lowest BCUT2D eigenvalue weighted by Gasteiger charge is -2.28. The summed E-state index contributed by atoms with van der Waals surface area (Å²) in [7, 11) is 0. The molecule has 3 rings (SSSR count). The molecule has 0 aromatic carbocycles. The molecule has 0 N–H and O–H groups in total. The van der Waals surface area contributed by atoms with Crippen LogP contribution in [-0.2, 0) is 5.33 Å². The van der Waals surface area contributed by atoms with Gasteiger partial charge in [0.25, 0.3) is 0 Å². The van der Waals surface area contributed by atoms with E-state index in [1.165, 1.54) is 19.3 Å². The van der Waals surface area contributed by atoms with Gasteiger partial charge in [0.2, 0.25) is 0 Å². The van der Waals surface area contributed by atoms with E-state index in [2.05, 4.69) is 30.5 Å². The molecule has 0 unspecified atom stereocenters. The largest absolute Gasteiger partial charge is 0.309 e. The number of imidazole rings is 1. The lowest BCUT2D eigenvalue weighted by atomic mass is 9.93. The SMILES string of the molecule is Clc1ccc2nc(CBr)n(C3CCC3)c2n1. The van der Waals surface area contributed by atoms with Crippen LogP contribution in [0.3, 0.4) is 0 Å². The van der Waals surface area contributed by atoms with E-state index in [4.69, 9.17) is 11.6 Å². The van der Waals surface area contributed by atoms with Gasteiger partial charge in [-0.15, -0.1) is 0 Å². The number of hydrogen-bond donors (Lipinski definition) is 0. The Balaban J connectivity index is 2.23. The van der Waals surface area contributed by atoms with Crippen LogP contribution in [0.4, 0.5) is 0 Å². The first-order valence-electron chi connectivity index (χ1n) is 5.39. The lowest BCUT2D eigenvalue weighted by molar-refractivity contribution is 0.314. The van der Waals surface area contributed by atoms with E-state index < -0.39 is 0 Å². The standard InChI is InChI=1S/C11H11BrClN3/c12-6-10-14-8-4-5-9(13)15-11(8)16(10)7-2-1-3-7/h4-5,7H,1-3,6H2. The maximum atomic E-state index is 5.95. The van der Waals surface area contributed by atoms with E-state index in [0.717, 1.165) is 22.3 Å². The van der Waals surface area contributed by atoms with Crippen LogP contribution in [0.5, 0.6) is 0 Å². The van der Waals surface area contributed by atoms with Gasteiger partial charge in [0.1, 0.15) is 16.5 Å². The molecule has 1 aliphatic carbocycles. The van der Waals surface area contributed by atoms with Crippen LogP contribution < -0.4 is 0 Å². The molecule has 0 saturated heterocycles. The Kier molecular flexibility index (Phi) is 2.64. The molecule has 0 radical (unpaired) electrons. The van der Waals surface area contributed by atoms with Crippen molar-refractivity contribution in [1.29, 1.82) is 0 Å². The highest BCUT2D eigenvalue weighted by Gasteiger charge is 2.24. The second kappa shape index (κ2) is 4.00. The summed E-state index contributed by atoms with van der Waals surface area (Å²) in [6.07, 6.45) is 3.74. The van der Waals surface area contributed by atoms with Gasteiger partial charge in [-0.1, -0.05) is 27.5 Å². The molecule has 1 aliphatic rings. The molecule has 84 valence electrons. The zero-order chi connectivity index (χ0) is 11.1. The highest BCUT2D eigenvalue weighted by Crippen LogP contribution is 2.35. The van der Waals surface area contributed by atoms with Gasteiger partial charge < -0.3 is 4.57 Å². The molecule has 5 heteroatoms. The number of pyridine rings is 1. The molecular weight excluding hydrogens is 289 g/mol. The number of nitrogens with zero attached hydrogens (tertiary/aromatic N) is 3. The Hall–Kier alpha value is -0.610. The molecule has 0 amide bonds. The van der Waals surface area contributed by atoms with E-state index in [9.17, 15) is 0 Å². The Morgan fingerprint density at radius 3 is 2.81 bits per heavy atom. The van der Waals surface area contributed by atoms with Crippen LogP contribution in [0, 0.1) is 0 Å². The number of aromatic nitrogens is 3. The highest BCUT2D eigenvalue weighted by molar-refractivity contribution is 9.08. The fourth-order valence-corrected chi connectivity index (χ4v) is 2.66. The molecule has 0 aliphatic heterocycles. The maximum absolute atomic E-state index is 5.95. The molecule has 16 heavy (non-hydrogen) atoms. The van der Waals surface area contributed by atoms with Crippen LogP contribution >= 0.6 is 27.5 Å². The lowest BCUT2D eigenvalue weighted by Crippen LogP contribution is -2.19. The van der Waals surface area contributed by atoms with Gasteiger partial charge in [0.15, 0.2) is 5.65 Å². The number of halogens is 2. The Morgan fingerprint density at radius 2 is 2.19 bits per heavy atom. The first-order chi connectivity index (χ1) is 7.79. The number of hydrogen-bond acceptors (Lipinski definition) is 2. The van der Waals surface area contributed by atoms with Crippen molar-refractivity contribution in [3.63, 3.8) is 0 Å². The number of rotatable bonds is 2. The molecule has 3 nitrogen and oxygen atoms in total. The molecular formula is C11H11BrClN3. The minimum absolute atomic E-state index is 0.536. The molecule has 1 fully saturated rings. The molecule has 2 aromatic heterocycles. The van der Waals surface area contributed by atoms with E-state index in [0.29, 0.717) is 11.2 Å². The topological polar surface area (TPSA) is 30.7 Å². The molecule has 0 spiro atoms. The third-order valence-corrected chi connectivity index (χ3v) is 3.85. The van der Waals surface area contributed by atoms with Gasteiger partial charge in [-0.05, 0) is 31.4 Å². The van der Waals surface area contributed by atoms with Crippen molar-refractivity contribution < 1.29 is 0 Å². The van der Waals surface area contributed by atoms with Crippen molar-refractivity contribution in [1.82, 2.24) is 14.5 Å². The average Bonchev–Trinajstić information content (AvgIpc) is 2.55. The predicted octanol–water partition coefficient (Wildman–Crippen LogP) is 3.70. The highest BCUT2D eigenvalue weighted by atomic mass is 79.9. The fraction of sp³-hybridized carbons (Fsp3) is 0.455. The summed E-state index contributed by atoms with van der Waals surface area (Å²) in [6, 6.07) is 4.29. The van der Waals surface area contributed by atoms with Crippen molar-refractivity contribution in [2.75, 3.05) is 0 Å². The molecule has 0 atom stereocenters. The minimum atomic E-state index is 0.536. The minimum Gasteiger partial charge on any atom is -0.309 e. The van der Waals surface area contributed by atoms with Gasteiger partial charge in [0.05, 0.1) is 5.33 Å². The normalized spacial score (nSPS) is 16.6. The maximum Gasteiger partial charge on any atom is 0.162 e. The molecule has 2 heterocycles. The summed E-state index contributed by atoms with van der Waals surface area (Å²) >= 11 is 9.43. The van der Waals surface area contributed by atoms with Crippen molar-refractivity contribution in [2.24, 2.45) is 0 Å². The molecule has 0 bridgehead atoms. The smallest absolute Gasteiger partial charge is 0.162 e. The Morgan fingerprint density at radius 1 is 1.38 bits per heavy atom. The van der Waals surface area contributed by atoms with Gasteiger partial charge >= 0.3 is 0 Å². The van der Waals surface area contributed by atoms with Crippen LogP contribution in [0.25, 0.3) is 11.2 Å². The van der Waals surface area contributed by atoms with Crippen molar-refractivity contribution in [3.8, 4) is 0 Å². The summed E-state index contributed by atoms with van der Waals surface area (Å²) in [5.41, 5.74) is 1.86. The third kappa shape index (κ3) is 1.55. The average molecular weight is 301 g/mol. The van der Waals surface area contributed by atoms with Gasteiger partial charge in [0, 0.05) is 6.04 Å². The monoisotopic (exact) mass is 299 g/mol. The third-order valence-electron chi connectivity index (χ3n) is 3.14. The Labute approximate surface area is 107 Å². The van der Waals surface area contributed by atoms with Crippen molar-refractivity contribution in [2.45, 2.75) is 30.6 Å². The van der Waals surface area contributed by atoms with Crippen LogP contribution in [0.15, 0.2) is 12.1 Å². The van der Waals surface area contributed by atoms with E-state index in [1.54, 1.807) is 6.07 Å². The van der Waals surface area contributed by atoms with E-state index in [1.807, 2.05) is 6.07 Å². The van der Waals surface area contributed by atoms with Crippen molar-refractivity contribution in [3.05, 3.63) is 23.1 Å². The molecule has 1 saturated carbocycles. The van der Waals surface area contributed by atoms with Crippen molar-refractivity contribution >= 4 is 38.7 Å². The van der Waals surface area contributed by atoms with E-state index in [-0.39, 0.29) is 0 Å². The quantitative estimate of drug-likeness (QED) is 0.625. The summed E-state index contributed by atoms with van der Waals surface area (Å²) in [5, 5.41) is 1.30. The summed E-state index contributed by atoms with van der Waals surface area (Å²) in [6.45, 7) is 0. The first kappa shape index (κ1) is 10.5. The fourth-order valence-electron chi connectivity index (χ4n) is 2.12. The number of alkyl halides is 1. The van der Waals surface area contributed by atoms with Gasteiger partial charge in [-0.3, -0.25) is 0 Å². The summed E-state index contributed by atoms with van der Waals surface area (Å²) in [4.78, 5) is 8.96. The second-order valence-corrected chi connectivity index (χ2v) is 5.04. The summed E-state index contributed by atoms with van der Waals surface area (Å²) < 4.78 is 2.24.